The molecule has 0 amide bonds. The van der Waals surface area contributed by atoms with E-state index in [1.165, 1.54) is 0 Å². The van der Waals surface area contributed by atoms with Gasteiger partial charge in [-0.05, 0) is 65.9 Å². The molecule has 1 aromatic heterocycles. The van der Waals surface area contributed by atoms with Crippen molar-refractivity contribution in [3.05, 3.63) is 68.3 Å². The number of aromatic nitrogens is 2. The summed E-state index contributed by atoms with van der Waals surface area (Å²) in [5.74, 6) is 0.699. The number of nitrogens with zero attached hydrogens (tertiary/aromatic N) is 2. The van der Waals surface area contributed by atoms with E-state index in [0.717, 1.165) is 14.8 Å². The van der Waals surface area contributed by atoms with Gasteiger partial charge in [-0.25, -0.2) is 4.98 Å². The first-order chi connectivity index (χ1) is 9.16. The van der Waals surface area contributed by atoms with Crippen molar-refractivity contribution >= 4 is 33.5 Å². The standard InChI is InChI=1S/C15H11IN2O/c1-10-17-14-5-3-2-4-13(14)15(19)18(10)12-8-6-11(16)7-9-12/h2-9H,1H3. The van der Waals surface area contributed by atoms with Crippen LogP contribution in [-0.2, 0) is 0 Å². The van der Waals surface area contributed by atoms with Gasteiger partial charge in [0.25, 0.3) is 5.56 Å². The van der Waals surface area contributed by atoms with Crippen molar-refractivity contribution in [2.24, 2.45) is 0 Å². The average Bonchev–Trinajstić information content (AvgIpc) is 2.41. The van der Waals surface area contributed by atoms with Crippen LogP contribution in [0, 0.1) is 10.5 Å². The molecule has 0 saturated heterocycles. The highest BCUT2D eigenvalue weighted by Crippen LogP contribution is 2.14. The van der Waals surface area contributed by atoms with Gasteiger partial charge in [-0.15, -0.1) is 0 Å². The molecule has 0 radical (unpaired) electrons. The summed E-state index contributed by atoms with van der Waals surface area (Å²) >= 11 is 2.24. The molecule has 19 heavy (non-hydrogen) atoms. The molecule has 0 atom stereocenters. The Morgan fingerprint density at radius 1 is 1.05 bits per heavy atom. The SMILES string of the molecule is Cc1nc2ccccc2c(=O)n1-c1ccc(I)cc1. The summed E-state index contributed by atoms with van der Waals surface area (Å²) in [4.78, 5) is 17.1. The molecule has 3 aromatic rings. The van der Waals surface area contributed by atoms with E-state index in [-0.39, 0.29) is 5.56 Å². The second-order valence-electron chi connectivity index (χ2n) is 4.29. The summed E-state index contributed by atoms with van der Waals surface area (Å²) in [5, 5.41) is 0.645. The minimum atomic E-state index is -0.0238. The Morgan fingerprint density at radius 2 is 1.74 bits per heavy atom. The number of para-hydroxylation sites is 1. The van der Waals surface area contributed by atoms with Crippen molar-refractivity contribution in [2.45, 2.75) is 6.92 Å². The van der Waals surface area contributed by atoms with Gasteiger partial charge in [0.2, 0.25) is 0 Å². The topological polar surface area (TPSA) is 34.9 Å². The highest BCUT2D eigenvalue weighted by molar-refractivity contribution is 14.1. The van der Waals surface area contributed by atoms with Gasteiger partial charge in [0.15, 0.2) is 0 Å². The highest BCUT2D eigenvalue weighted by Gasteiger charge is 2.08. The predicted molar refractivity (Wildman–Crippen MR) is 84.8 cm³/mol. The van der Waals surface area contributed by atoms with Crippen molar-refractivity contribution in [2.75, 3.05) is 0 Å². The molecule has 0 aliphatic carbocycles. The zero-order valence-electron chi connectivity index (χ0n) is 10.3. The summed E-state index contributed by atoms with van der Waals surface area (Å²) in [6, 6.07) is 15.3. The summed E-state index contributed by atoms with van der Waals surface area (Å²) in [6.45, 7) is 1.85. The Morgan fingerprint density at radius 3 is 2.47 bits per heavy atom. The fourth-order valence-corrected chi connectivity index (χ4v) is 2.50. The van der Waals surface area contributed by atoms with Gasteiger partial charge in [0.1, 0.15) is 5.82 Å². The Labute approximate surface area is 124 Å². The lowest BCUT2D eigenvalue weighted by molar-refractivity contribution is 0.894. The van der Waals surface area contributed by atoms with Crippen molar-refractivity contribution < 1.29 is 0 Å². The third-order valence-electron chi connectivity index (χ3n) is 3.03. The second kappa shape index (κ2) is 4.77. The molecular formula is C15H11IN2O. The van der Waals surface area contributed by atoms with Gasteiger partial charge in [-0.3, -0.25) is 9.36 Å². The maximum absolute atomic E-state index is 12.6. The largest absolute Gasteiger partial charge is 0.268 e. The van der Waals surface area contributed by atoms with Gasteiger partial charge in [0.05, 0.1) is 16.6 Å². The van der Waals surface area contributed by atoms with Crippen LogP contribution in [-0.4, -0.2) is 9.55 Å². The first kappa shape index (κ1) is 12.3. The van der Waals surface area contributed by atoms with Gasteiger partial charge < -0.3 is 0 Å². The summed E-state index contributed by atoms with van der Waals surface area (Å²) in [5.41, 5.74) is 1.57. The molecule has 3 rings (SSSR count). The van der Waals surface area contributed by atoms with Gasteiger partial charge >= 0.3 is 0 Å². The highest BCUT2D eigenvalue weighted by atomic mass is 127. The molecule has 0 bridgehead atoms. The van der Waals surface area contributed by atoms with E-state index >= 15 is 0 Å². The van der Waals surface area contributed by atoms with Crippen molar-refractivity contribution in [3.8, 4) is 5.69 Å². The zero-order valence-corrected chi connectivity index (χ0v) is 12.5. The van der Waals surface area contributed by atoms with E-state index < -0.39 is 0 Å². The van der Waals surface area contributed by atoms with Crippen LogP contribution in [0.5, 0.6) is 0 Å². The first-order valence-corrected chi connectivity index (χ1v) is 6.99. The van der Waals surface area contributed by atoms with Gasteiger partial charge in [-0.1, -0.05) is 12.1 Å². The Hall–Kier alpha value is -1.69. The number of rotatable bonds is 1. The normalized spacial score (nSPS) is 10.8. The lowest BCUT2D eigenvalue weighted by Gasteiger charge is -2.10. The fourth-order valence-electron chi connectivity index (χ4n) is 2.14. The Balaban J connectivity index is 2.35. The molecule has 2 aromatic carbocycles. The number of hydrogen-bond acceptors (Lipinski definition) is 2. The summed E-state index contributed by atoms with van der Waals surface area (Å²) in [7, 11) is 0. The van der Waals surface area contributed by atoms with Crippen LogP contribution >= 0.6 is 22.6 Å². The van der Waals surface area contributed by atoms with Crippen LogP contribution in [0.15, 0.2) is 53.3 Å². The molecule has 94 valence electrons. The van der Waals surface area contributed by atoms with Gasteiger partial charge in [0, 0.05) is 3.57 Å². The monoisotopic (exact) mass is 362 g/mol. The van der Waals surface area contributed by atoms with E-state index in [0.29, 0.717) is 11.2 Å². The van der Waals surface area contributed by atoms with Crippen LogP contribution in [0.4, 0.5) is 0 Å². The molecule has 0 fully saturated rings. The van der Waals surface area contributed by atoms with E-state index in [9.17, 15) is 4.79 Å². The zero-order chi connectivity index (χ0) is 13.4. The third kappa shape index (κ3) is 2.16. The van der Waals surface area contributed by atoms with Crippen molar-refractivity contribution in [3.63, 3.8) is 0 Å². The second-order valence-corrected chi connectivity index (χ2v) is 5.54. The molecule has 0 spiro atoms. The number of aryl methyl sites for hydroxylation is 1. The minimum absolute atomic E-state index is 0.0238. The maximum atomic E-state index is 12.6. The number of halogens is 1. The van der Waals surface area contributed by atoms with E-state index in [1.807, 2.05) is 55.5 Å². The molecule has 0 N–H and O–H groups in total. The lowest BCUT2D eigenvalue weighted by atomic mass is 10.2. The minimum Gasteiger partial charge on any atom is -0.268 e. The Bertz CT molecular complexity index is 806. The molecular weight excluding hydrogens is 351 g/mol. The lowest BCUT2D eigenvalue weighted by Crippen LogP contribution is -2.22. The van der Waals surface area contributed by atoms with E-state index in [2.05, 4.69) is 27.6 Å². The third-order valence-corrected chi connectivity index (χ3v) is 3.75. The molecule has 3 nitrogen and oxygen atoms in total. The number of benzene rings is 2. The molecule has 0 saturated carbocycles. The number of hydrogen-bond donors (Lipinski definition) is 0. The fraction of sp³-hybridized carbons (Fsp3) is 0.0667. The maximum Gasteiger partial charge on any atom is 0.265 e. The molecule has 1 heterocycles. The summed E-state index contributed by atoms with van der Waals surface area (Å²) in [6.07, 6.45) is 0. The Kier molecular flexibility index (Phi) is 3.10. The summed E-state index contributed by atoms with van der Waals surface area (Å²) < 4.78 is 2.79. The number of fused-ring (bicyclic) bond motifs is 1. The van der Waals surface area contributed by atoms with Crippen molar-refractivity contribution in [1.82, 2.24) is 9.55 Å². The smallest absolute Gasteiger partial charge is 0.265 e. The quantitative estimate of drug-likeness (QED) is 0.623. The molecule has 0 aliphatic heterocycles. The van der Waals surface area contributed by atoms with Crippen LogP contribution in [0.1, 0.15) is 5.82 Å². The van der Waals surface area contributed by atoms with Crippen LogP contribution in [0.2, 0.25) is 0 Å². The van der Waals surface area contributed by atoms with E-state index in [1.54, 1.807) is 4.57 Å². The van der Waals surface area contributed by atoms with Crippen molar-refractivity contribution in [1.29, 1.82) is 0 Å². The first-order valence-electron chi connectivity index (χ1n) is 5.91. The van der Waals surface area contributed by atoms with Crippen LogP contribution in [0.25, 0.3) is 16.6 Å². The molecule has 0 aliphatic rings. The molecule has 4 heteroatoms. The van der Waals surface area contributed by atoms with E-state index in [4.69, 9.17) is 0 Å². The average molecular weight is 362 g/mol. The predicted octanol–water partition coefficient (Wildman–Crippen LogP) is 3.30. The van der Waals surface area contributed by atoms with Crippen LogP contribution < -0.4 is 5.56 Å². The van der Waals surface area contributed by atoms with Gasteiger partial charge in [-0.2, -0.15) is 0 Å². The molecule has 0 unspecified atom stereocenters. The van der Waals surface area contributed by atoms with Crippen LogP contribution in [0.3, 0.4) is 0 Å².